The number of ether oxygens (including phenoxy) is 1. The van der Waals surface area contributed by atoms with E-state index in [0.29, 0.717) is 35.8 Å². The number of hydrogen-bond donors (Lipinski definition) is 2. The molecule has 0 spiro atoms. The van der Waals surface area contributed by atoms with Crippen molar-refractivity contribution in [2.45, 2.75) is 38.1 Å². The van der Waals surface area contributed by atoms with E-state index in [9.17, 15) is 9.18 Å². The van der Waals surface area contributed by atoms with Gasteiger partial charge in [0, 0.05) is 17.0 Å². The Kier molecular flexibility index (Phi) is 8.35. The second-order valence-corrected chi connectivity index (χ2v) is 9.44. The van der Waals surface area contributed by atoms with Gasteiger partial charge in [0.2, 0.25) is 5.91 Å². The van der Waals surface area contributed by atoms with Gasteiger partial charge in [-0.2, -0.15) is 5.26 Å². The first-order chi connectivity index (χ1) is 17.5. The van der Waals surface area contributed by atoms with Gasteiger partial charge in [0.05, 0.1) is 18.7 Å². The maximum Gasteiger partial charge on any atom is 0.223 e. The molecule has 5 nitrogen and oxygen atoms in total. The molecule has 1 aliphatic rings. The fourth-order valence-electron chi connectivity index (χ4n) is 5.10. The number of para-hydroxylation sites is 1. The second-order valence-electron chi connectivity index (χ2n) is 9.44. The van der Waals surface area contributed by atoms with Crippen molar-refractivity contribution in [2.24, 2.45) is 17.6 Å². The van der Waals surface area contributed by atoms with Crippen LogP contribution in [-0.2, 0) is 11.2 Å². The van der Waals surface area contributed by atoms with Crippen LogP contribution in [-0.4, -0.2) is 19.6 Å². The molecule has 3 aromatic carbocycles. The van der Waals surface area contributed by atoms with E-state index in [4.69, 9.17) is 15.7 Å². The molecular formula is C30H32FN3O2. The number of benzene rings is 3. The second kappa shape index (κ2) is 11.8. The zero-order chi connectivity index (χ0) is 25.5. The molecule has 186 valence electrons. The maximum atomic E-state index is 14.4. The minimum atomic E-state index is -0.579. The van der Waals surface area contributed by atoms with E-state index in [0.717, 1.165) is 36.8 Å². The van der Waals surface area contributed by atoms with Gasteiger partial charge in [-0.1, -0.05) is 54.6 Å². The fourth-order valence-corrected chi connectivity index (χ4v) is 5.10. The Hall–Kier alpha value is -3.69. The van der Waals surface area contributed by atoms with E-state index in [-0.39, 0.29) is 23.4 Å². The number of nitrogens with one attached hydrogen (secondary N) is 1. The Labute approximate surface area is 212 Å². The first kappa shape index (κ1) is 25.4. The van der Waals surface area contributed by atoms with Crippen molar-refractivity contribution >= 4 is 5.91 Å². The molecule has 1 saturated carbocycles. The van der Waals surface area contributed by atoms with Crippen LogP contribution in [0.1, 0.15) is 48.4 Å². The van der Waals surface area contributed by atoms with Crippen molar-refractivity contribution in [2.75, 3.05) is 13.7 Å². The molecule has 1 amide bonds. The number of nitriles is 1. The Balaban J connectivity index is 1.68. The Bertz CT molecular complexity index is 1230. The zero-order valence-corrected chi connectivity index (χ0v) is 20.5. The number of rotatable bonds is 8. The van der Waals surface area contributed by atoms with E-state index >= 15 is 0 Å². The molecule has 1 unspecified atom stereocenters. The first-order valence-electron chi connectivity index (χ1n) is 12.4. The molecule has 4 rings (SSSR count). The number of carbonyl (C=O) groups excluding carboxylic acids is 1. The van der Waals surface area contributed by atoms with Gasteiger partial charge >= 0.3 is 0 Å². The lowest BCUT2D eigenvalue weighted by Crippen LogP contribution is -2.37. The highest BCUT2D eigenvalue weighted by Gasteiger charge is 2.29. The topological polar surface area (TPSA) is 88.1 Å². The molecule has 6 heteroatoms. The monoisotopic (exact) mass is 485 g/mol. The lowest BCUT2D eigenvalue weighted by molar-refractivity contribution is -0.127. The predicted octanol–water partition coefficient (Wildman–Crippen LogP) is 5.54. The van der Waals surface area contributed by atoms with Crippen molar-refractivity contribution in [3.63, 3.8) is 0 Å². The summed E-state index contributed by atoms with van der Waals surface area (Å²) < 4.78 is 20.3. The lowest BCUT2D eigenvalue weighted by atomic mass is 9.81. The number of carbonyl (C=O) groups is 1. The summed E-state index contributed by atoms with van der Waals surface area (Å²) >= 11 is 0. The molecule has 36 heavy (non-hydrogen) atoms. The average molecular weight is 486 g/mol. The fraction of sp³-hybridized carbons (Fsp3) is 0.333. The van der Waals surface area contributed by atoms with E-state index in [1.807, 2.05) is 54.6 Å². The van der Waals surface area contributed by atoms with Gasteiger partial charge < -0.3 is 15.8 Å². The van der Waals surface area contributed by atoms with Crippen molar-refractivity contribution in [3.8, 4) is 22.9 Å². The number of halogens is 1. The molecule has 0 radical (unpaired) electrons. The third-order valence-electron chi connectivity index (χ3n) is 7.18. The molecule has 1 aliphatic carbocycles. The molecule has 3 N–H and O–H groups in total. The number of amides is 1. The van der Waals surface area contributed by atoms with Gasteiger partial charge in [-0.3, -0.25) is 4.79 Å². The Morgan fingerprint density at radius 1 is 1.11 bits per heavy atom. The van der Waals surface area contributed by atoms with Gasteiger partial charge in [0.15, 0.2) is 0 Å². The van der Waals surface area contributed by atoms with Crippen LogP contribution in [0.25, 0.3) is 11.1 Å². The van der Waals surface area contributed by atoms with Crippen LogP contribution in [0.4, 0.5) is 4.39 Å². The van der Waals surface area contributed by atoms with Crippen LogP contribution in [0.15, 0.2) is 66.7 Å². The van der Waals surface area contributed by atoms with Crippen LogP contribution in [0.5, 0.6) is 5.75 Å². The summed E-state index contributed by atoms with van der Waals surface area (Å²) in [5.41, 5.74) is 9.05. The molecule has 0 aliphatic heterocycles. The summed E-state index contributed by atoms with van der Waals surface area (Å²) in [5.74, 6) is 0.509. The molecule has 3 aromatic rings. The Morgan fingerprint density at radius 2 is 1.86 bits per heavy atom. The van der Waals surface area contributed by atoms with Crippen LogP contribution in [0.2, 0.25) is 0 Å². The molecule has 1 fully saturated rings. The number of hydrogen-bond acceptors (Lipinski definition) is 4. The predicted molar refractivity (Wildman–Crippen MR) is 139 cm³/mol. The molecule has 0 bridgehead atoms. The van der Waals surface area contributed by atoms with Crippen LogP contribution in [0, 0.1) is 29.0 Å². The first-order valence-corrected chi connectivity index (χ1v) is 12.4. The van der Waals surface area contributed by atoms with Gasteiger partial charge in [0.1, 0.15) is 17.6 Å². The highest BCUT2D eigenvalue weighted by atomic mass is 19.1. The van der Waals surface area contributed by atoms with Crippen LogP contribution < -0.4 is 15.8 Å². The van der Waals surface area contributed by atoms with Crippen LogP contribution >= 0.6 is 0 Å². The van der Waals surface area contributed by atoms with E-state index in [2.05, 4.69) is 5.32 Å². The highest BCUT2D eigenvalue weighted by molar-refractivity contribution is 5.80. The molecule has 1 atom stereocenters. The van der Waals surface area contributed by atoms with Gasteiger partial charge in [-0.25, -0.2) is 4.39 Å². The third kappa shape index (κ3) is 5.75. The van der Waals surface area contributed by atoms with E-state index in [1.165, 1.54) is 12.1 Å². The van der Waals surface area contributed by atoms with Gasteiger partial charge in [-0.15, -0.1) is 0 Å². The summed E-state index contributed by atoms with van der Waals surface area (Å²) in [6.45, 7) is 0.672. The lowest BCUT2D eigenvalue weighted by Gasteiger charge is -2.29. The van der Waals surface area contributed by atoms with Gasteiger partial charge in [0.25, 0.3) is 0 Å². The summed E-state index contributed by atoms with van der Waals surface area (Å²) in [4.78, 5) is 13.4. The molecule has 0 aromatic heterocycles. The highest BCUT2D eigenvalue weighted by Crippen LogP contribution is 2.38. The number of nitrogens with two attached hydrogens (primary N) is 1. The summed E-state index contributed by atoms with van der Waals surface area (Å²) in [5, 5.41) is 12.4. The smallest absolute Gasteiger partial charge is 0.223 e. The third-order valence-corrected chi connectivity index (χ3v) is 7.18. The summed E-state index contributed by atoms with van der Waals surface area (Å²) in [7, 11) is 1.58. The van der Waals surface area contributed by atoms with Crippen molar-refractivity contribution < 1.29 is 13.9 Å². The van der Waals surface area contributed by atoms with E-state index < -0.39 is 5.82 Å². The van der Waals surface area contributed by atoms with Gasteiger partial charge in [-0.05, 0) is 67.8 Å². The Morgan fingerprint density at radius 3 is 2.50 bits per heavy atom. The van der Waals surface area contributed by atoms with Crippen molar-refractivity contribution in [1.29, 1.82) is 5.26 Å². The largest absolute Gasteiger partial charge is 0.496 e. The molecular weight excluding hydrogens is 453 g/mol. The van der Waals surface area contributed by atoms with Crippen LogP contribution in [0.3, 0.4) is 0 Å². The minimum absolute atomic E-state index is 0.00699. The van der Waals surface area contributed by atoms with Crippen molar-refractivity contribution in [3.05, 3.63) is 89.2 Å². The number of methoxy groups -OCH3 is 1. The SMILES string of the molecule is COc1c(-c2ccc(C#N)c(F)c2)cccc1C(Cc1ccccc1)NC(=O)C1CCC(CN)CC1. The van der Waals surface area contributed by atoms with E-state index in [1.54, 1.807) is 13.2 Å². The minimum Gasteiger partial charge on any atom is -0.496 e. The quantitative estimate of drug-likeness (QED) is 0.439. The number of nitrogens with zero attached hydrogens (tertiary/aromatic N) is 1. The zero-order valence-electron chi connectivity index (χ0n) is 20.5. The molecule has 0 saturated heterocycles. The normalized spacial score (nSPS) is 18.2. The van der Waals surface area contributed by atoms with Crippen molar-refractivity contribution in [1.82, 2.24) is 5.32 Å². The molecule has 0 heterocycles. The summed E-state index contributed by atoms with van der Waals surface area (Å²) in [6.07, 6.45) is 4.22. The maximum absolute atomic E-state index is 14.4. The standard InChI is InChI=1S/C30H32FN3O2/c1-36-29-25(23-14-15-24(19-33)27(31)17-23)8-5-9-26(29)28(16-20-6-3-2-4-7-20)34-30(35)22-12-10-21(18-32)11-13-22/h2-9,14-15,17,21-22,28H,10-13,16,18,32H2,1H3,(H,34,35). The average Bonchev–Trinajstić information content (AvgIpc) is 2.92. The summed E-state index contributed by atoms with van der Waals surface area (Å²) in [6, 6.07) is 21.8.